The maximum Gasteiger partial charge on any atom is 0.243 e. The maximum absolute atomic E-state index is 12.5. The Bertz CT molecular complexity index is 1460. The van der Waals surface area contributed by atoms with E-state index in [-0.39, 0.29) is 30.6 Å². The molecule has 9 heteroatoms. The van der Waals surface area contributed by atoms with Gasteiger partial charge in [-0.1, -0.05) is 92.8 Å². The molecule has 2 aliphatic rings. The zero-order valence-electron chi connectivity index (χ0n) is 28.7. The first-order valence-corrected chi connectivity index (χ1v) is 18.1. The largest absolute Gasteiger partial charge is 0.392 e. The summed E-state index contributed by atoms with van der Waals surface area (Å²) in [4.78, 5) is 26.1. The quantitative estimate of drug-likeness (QED) is 0.0772. The Hall–Kier alpha value is -3.60. The average molecular weight is 672 g/mol. The number of likely N-dealkylation sites (tertiary alicyclic amines) is 1. The van der Waals surface area contributed by atoms with Crippen molar-refractivity contribution in [1.29, 1.82) is 0 Å². The number of hydrogen-bond acceptors (Lipinski definition) is 7. The number of benzene rings is 3. The Kier molecular flexibility index (Phi) is 14.6. The molecule has 0 radical (unpaired) electrons. The minimum absolute atomic E-state index is 0.0120. The van der Waals surface area contributed by atoms with Crippen LogP contribution in [0.4, 0.5) is 0 Å². The van der Waals surface area contributed by atoms with E-state index in [0.717, 1.165) is 78.7 Å². The van der Waals surface area contributed by atoms with E-state index < -0.39 is 6.29 Å². The zero-order chi connectivity index (χ0) is 34.3. The molecule has 2 saturated heterocycles. The van der Waals surface area contributed by atoms with Crippen LogP contribution in [0.5, 0.6) is 0 Å². The summed E-state index contributed by atoms with van der Waals surface area (Å²) in [6.07, 6.45) is 10.5. The fourth-order valence-electron chi connectivity index (χ4n) is 6.81. The van der Waals surface area contributed by atoms with Crippen LogP contribution in [0.25, 0.3) is 11.1 Å². The molecule has 2 heterocycles. The number of aliphatic hydroxyl groups is 1. The van der Waals surface area contributed by atoms with Gasteiger partial charge in [0.15, 0.2) is 6.29 Å². The maximum atomic E-state index is 12.5. The molecule has 9 nitrogen and oxygen atoms in total. The predicted molar refractivity (Wildman–Crippen MR) is 189 cm³/mol. The Morgan fingerprint density at radius 1 is 0.735 bits per heavy atom. The highest BCUT2D eigenvalue weighted by Gasteiger charge is 2.33. The number of ether oxygens (including phenoxy) is 2. The van der Waals surface area contributed by atoms with E-state index in [9.17, 15) is 14.7 Å². The molecule has 2 aliphatic heterocycles. The molecule has 0 bridgehead atoms. The number of rotatable bonds is 15. The third kappa shape index (κ3) is 11.8. The van der Waals surface area contributed by atoms with Crippen molar-refractivity contribution in [2.45, 2.75) is 109 Å². The van der Waals surface area contributed by atoms with Crippen LogP contribution in [0.1, 0.15) is 112 Å². The van der Waals surface area contributed by atoms with Gasteiger partial charge in [-0.15, -0.1) is 0 Å². The van der Waals surface area contributed by atoms with E-state index in [0.29, 0.717) is 25.8 Å². The van der Waals surface area contributed by atoms with E-state index in [2.05, 4.69) is 58.7 Å². The van der Waals surface area contributed by atoms with Gasteiger partial charge in [0.05, 0.1) is 18.8 Å². The number of hydroxylamine groups is 1. The molecule has 0 unspecified atom stereocenters. The molecule has 5 rings (SSSR count). The van der Waals surface area contributed by atoms with Crippen molar-refractivity contribution in [1.82, 2.24) is 15.7 Å². The minimum Gasteiger partial charge on any atom is -0.392 e. The lowest BCUT2D eigenvalue weighted by molar-refractivity contribution is -0.253. The Morgan fingerprint density at radius 3 is 2.12 bits per heavy atom. The summed E-state index contributed by atoms with van der Waals surface area (Å²) >= 11 is 0. The van der Waals surface area contributed by atoms with Gasteiger partial charge in [-0.05, 0) is 78.7 Å². The predicted octanol–water partition coefficient (Wildman–Crippen LogP) is 7.12. The molecule has 0 aromatic heterocycles. The molecular weight excluding hydrogens is 618 g/mol. The summed E-state index contributed by atoms with van der Waals surface area (Å²) in [6.45, 7) is 3.59. The molecule has 264 valence electrons. The van der Waals surface area contributed by atoms with Gasteiger partial charge in [-0.25, -0.2) is 5.48 Å². The lowest BCUT2D eigenvalue weighted by Gasteiger charge is -2.39. The van der Waals surface area contributed by atoms with Crippen molar-refractivity contribution in [3.05, 3.63) is 95.1 Å². The normalized spacial score (nSPS) is 20.2. The second kappa shape index (κ2) is 19.6. The van der Waals surface area contributed by atoms with Crippen LogP contribution < -0.4 is 10.8 Å². The Labute approximate surface area is 291 Å². The van der Waals surface area contributed by atoms with Gasteiger partial charge in [0.1, 0.15) is 0 Å². The highest BCUT2D eigenvalue weighted by molar-refractivity contribution is 5.76. The van der Waals surface area contributed by atoms with Gasteiger partial charge in [0.25, 0.3) is 0 Å². The number of aliphatic hydroxyl groups excluding tert-OH is 1. The van der Waals surface area contributed by atoms with Crippen molar-refractivity contribution >= 4 is 11.8 Å². The summed E-state index contributed by atoms with van der Waals surface area (Å²) in [7, 11) is 0. The van der Waals surface area contributed by atoms with E-state index >= 15 is 0 Å². The molecule has 3 aromatic carbocycles. The molecular formula is C40H53N3O6. The van der Waals surface area contributed by atoms with E-state index in [4.69, 9.17) is 14.7 Å². The summed E-state index contributed by atoms with van der Waals surface area (Å²) in [5.74, 6) is -0.363. The molecule has 0 saturated carbocycles. The van der Waals surface area contributed by atoms with Crippen LogP contribution in [0.15, 0.2) is 72.8 Å². The molecule has 0 spiro atoms. The van der Waals surface area contributed by atoms with E-state index in [1.165, 1.54) is 32.1 Å². The first-order valence-electron chi connectivity index (χ1n) is 18.1. The lowest BCUT2D eigenvalue weighted by Crippen LogP contribution is -2.40. The van der Waals surface area contributed by atoms with Crippen molar-refractivity contribution in [2.24, 2.45) is 0 Å². The van der Waals surface area contributed by atoms with Crippen molar-refractivity contribution in [2.75, 3.05) is 19.6 Å². The summed E-state index contributed by atoms with van der Waals surface area (Å²) < 4.78 is 13.4. The lowest BCUT2D eigenvalue weighted by atomic mass is 9.98. The Balaban J connectivity index is 1.22. The third-order valence-corrected chi connectivity index (χ3v) is 9.62. The van der Waals surface area contributed by atoms with Gasteiger partial charge < -0.3 is 24.8 Å². The average Bonchev–Trinajstić information content (AvgIpc) is 3.13. The van der Waals surface area contributed by atoms with Crippen LogP contribution in [-0.2, 0) is 32.2 Å². The smallest absolute Gasteiger partial charge is 0.243 e. The zero-order valence-corrected chi connectivity index (χ0v) is 28.7. The number of nitrogens with zero attached hydrogens (tertiary/aromatic N) is 1. The van der Waals surface area contributed by atoms with Crippen LogP contribution in [0, 0.1) is 0 Å². The van der Waals surface area contributed by atoms with Crippen LogP contribution in [-0.4, -0.2) is 52.8 Å². The van der Waals surface area contributed by atoms with Gasteiger partial charge >= 0.3 is 0 Å². The number of carbonyl (C=O) groups excluding carboxylic acids is 2. The topological polar surface area (TPSA) is 120 Å². The molecule has 3 aromatic rings. The van der Waals surface area contributed by atoms with Crippen molar-refractivity contribution < 1.29 is 29.4 Å². The highest BCUT2D eigenvalue weighted by atomic mass is 16.7. The number of carbonyl (C=O) groups is 2. The number of nitrogens with one attached hydrogen (secondary N) is 2. The fourth-order valence-corrected chi connectivity index (χ4v) is 6.81. The number of amides is 2. The number of hydrogen-bond donors (Lipinski definition) is 4. The van der Waals surface area contributed by atoms with E-state index in [1.54, 1.807) is 5.48 Å². The monoisotopic (exact) mass is 671 g/mol. The number of unbranched alkanes of at least 4 members (excludes halogenated alkanes) is 3. The second-order valence-corrected chi connectivity index (χ2v) is 13.5. The molecule has 3 atom stereocenters. The van der Waals surface area contributed by atoms with Crippen molar-refractivity contribution in [3.8, 4) is 11.1 Å². The summed E-state index contributed by atoms with van der Waals surface area (Å²) in [5, 5.41) is 21.2. The molecule has 4 N–H and O–H groups in total. The van der Waals surface area contributed by atoms with Crippen LogP contribution in [0.2, 0.25) is 0 Å². The first kappa shape index (κ1) is 36.7. The third-order valence-electron chi connectivity index (χ3n) is 9.62. The van der Waals surface area contributed by atoms with Gasteiger partial charge in [-0.3, -0.25) is 14.8 Å². The molecule has 0 aliphatic carbocycles. The van der Waals surface area contributed by atoms with Crippen LogP contribution in [0.3, 0.4) is 0 Å². The van der Waals surface area contributed by atoms with Crippen LogP contribution >= 0.6 is 0 Å². The molecule has 2 fully saturated rings. The highest BCUT2D eigenvalue weighted by Crippen LogP contribution is 2.39. The fraction of sp³-hybridized carbons (Fsp3) is 0.500. The summed E-state index contributed by atoms with van der Waals surface area (Å²) in [5.41, 5.74) is 7.75. The molecule has 49 heavy (non-hydrogen) atoms. The van der Waals surface area contributed by atoms with Crippen molar-refractivity contribution in [3.63, 3.8) is 0 Å². The summed E-state index contributed by atoms with van der Waals surface area (Å²) in [6, 6.07) is 24.7. The second-order valence-electron chi connectivity index (χ2n) is 13.5. The van der Waals surface area contributed by atoms with Gasteiger partial charge in [-0.2, -0.15) is 0 Å². The first-order chi connectivity index (χ1) is 24.0. The Morgan fingerprint density at radius 2 is 1.41 bits per heavy atom. The minimum atomic E-state index is -0.509. The molecule has 2 amide bonds. The standard InChI is InChI=1S/C40H53N3O6/c44-29-30-18-20-32(21-19-30)37-26-36(28-43-22-8-4-1-5-9-23-43)48-40(49-37)35-15-11-14-34(25-35)33-13-10-12-31(24-33)27-41-38(45)16-6-2-3-7-17-39(46)42-47/h10-15,18-21,24-25,36-37,40,44,47H,1-9,16-17,22-23,26-29H2,(H,41,45)(H,42,46)/t36-,37+,40+/m1/s1. The SMILES string of the molecule is O=C(CCCCCCC(=O)NCc1cccc(-c2cccc([C@H]3O[C@@H](CN4CCCCCCC4)C[C@@H](c4ccc(CO)cc4)O3)c2)c1)NO. The van der Waals surface area contributed by atoms with E-state index in [1.807, 2.05) is 24.3 Å². The van der Waals surface area contributed by atoms with Gasteiger partial charge in [0.2, 0.25) is 11.8 Å². The van der Waals surface area contributed by atoms with Gasteiger partial charge in [0, 0.05) is 37.9 Å².